The van der Waals surface area contributed by atoms with Crippen molar-refractivity contribution in [3.8, 4) is 6.07 Å². The van der Waals surface area contributed by atoms with Gasteiger partial charge in [-0.15, -0.1) is 11.6 Å². The maximum absolute atomic E-state index is 13.6. The van der Waals surface area contributed by atoms with Crippen molar-refractivity contribution in [1.82, 2.24) is 5.32 Å². The SMILES string of the molecule is CC1(C)NC(=O)N(c2ccc(C#N)c(C(F)(F)F)c2CC=CCCl)C1=O. The van der Waals surface area contributed by atoms with Gasteiger partial charge in [-0.25, -0.2) is 9.69 Å². The monoisotopic (exact) mass is 385 g/mol. The molecule has 0 atom stereocenters. The maximum atomic E-state index is 13.6. The van der Waals surface area contributed by atoms with Gasteiger partial charge in [-0.2, -0.15) is 18.4 Å². The van der Waals surface area contributed by atoms with Crippen LogP contribution >= 0.6 is 11.6 Å². The summed E-state index contributed by atoms with van der Waals surface area (Å²) in [6.07, 6.45) is -2.24. The molecule has 138 valence electrons. The van der Waals surface area contributed by atoms with E-state index in [2.05, 4.69) is 5.32 Å². The number of hydrogen-bond donors (Lipinski definition) is 1. The number of benzene rings is 1. The van der Waals surface area contributed by atoms with Gasteiger partial charge < -0.3 is 5.32 Å². The summed E-state index contributed by atoms with van der Waals surface area (Å²) >= 11 is 5.52. The molecule has 1 aliphatic heterocycles. The Balaban J connectivity index is 2.74. The second-order valence-electron chi connectivity index (χ2n) is 6.12. The van der Waals surface area contributed by atoms with E-state index in [1.807, 2.05) is 0 Å². The molecule has 3 amide bonds. The van der Waals surface area contributed by atoms with Crippen LogP contribution in [0, 0.1) is 11.3 Å². The first-order valence-electron chi connectivity index (χ1n) is 7.55. The van der Waals surface area contributed by atoms with E-state index in [0.717, 1.165) is 6.07 Å². The molecule has 0 aromatic heterocycles. The Morgan fingerprint density at radius 2 is 1.96 bits per heavy atom. The second kappa shape index (κ2) is 7.00. The van der Waals surface area contributed by atoms with Crippen LogP contribution in [0.3, 0.4) is 0 Å². The Hall–Kier alpha value is -2.53. The van der Waals surface area contributed by atoms with Crippen LogP contribution in [-0.4, -0.2) is 23.4 Å². The second-order valence-corrected chi connectivity index (χ2v) is 6.43. The number of nitrogens with zero attached hydrogens (tertiary/aromatic N) is 2. The average Bonchev–Trinajstić information content (AvgIpc) is 2.74. The summed E-state index contributed by atoms with van der Waals surface area (Å²) in [4.78, 5) is 25.4. The molecule has 0 unspecified atom stereocenters. The first-order chi connectivity index (χ1) is 12.0. The Bertz CT molecular complexity index is 826. The molecule has 1 heterocycles. The van der Waals surface area contributed by atoms with Crippen molar-refractivity contribution < 1.29 is 22.8 Å². The molecule has 0 spiro atoms. The van der Waals surface area contributed by atoms with Crippen molar-refractivity contribution in [2.75, 3.05) is 10.8 Å². The number of anilines is 1. The highest BCUT2D eigenvalue weighted by molar-refractivity contribution is 6.23. The van der Waals surface area contributed by atoms with Gasteiger partial charge in [0.25, 0.3) is 5.91 Å². The minimum absolute atomic E-state index is 0.0881. The van der Waals surface area contributed by atoms with Gasteiger partial charge in [-0.3, -0.25) is 4.79 Å². The minimum atomic E-state index is -4.83. The van der Waals surface area contributed by atoms with E-state index < -0.39 is 34.8 Å². The summed E-state index contributed by atoms with van der Waals surface area (Å²) in [6.45, 7) is 2.91. The number of allylic oxidation sites excluding steroid dienone is 2. The summed E-state index contributed by atoms with van der Waals surface area (Å²) in [5, 5.41) is 11.5. The number of rotatable bonds is 4. The molecule has 0 aliphatic carbocycles. The summed E-state index contributed by atoms with van der Waals surface area (Å²) < 4.78 is 40.8. The lowest BCUT2D eigenvalue weighted by molar-refractivity contribution is -0.138. The number of hydrogen-bond acceptors (Lipinski definition) is 3. The fourth-order valence-electron chi connectivity index (χ4n) is 2.70. The highest BCUT2D eigenvalue weighted by atomic mass is 35.5. The number of halogens is 4. The van der Waals surface area contributed by atoms with Crippen molar-refractivity contribution in [3.63, 3.8) is 0 Å². The Labute approximate surface area is 153 Å². The molecule has 0 bridgehead atoms. The molecule has 0 radical (unpaired) electrons. The number of carbonyl (C=O) groups excluding carboxylic acids is 2. The molecule has 1 N–H and O–H groups in total. The molecule has 1 aliphatic rings. The van der Waals surface area contributed by atoms with E-state index in [4.69, 9.17) is 16.9 Å². The predicted molar refractivity (Wildman–Crippen MR) is 89.8 cm³/mol. The first-order valence-corrected chi connectivity index (χ1v) is 8.09. The van der Waals surface area contributed by atoms with Crippen molar-refractivity contribution in [1.29, 1.82) is 5.26 Å². The van der Waals surface area contributed by atoms with Gasteiger partial charge in [0, 0.05) is 5.88 Å². The summed E-state index contributed by atoms with van der Waals surface area (Å²) in [6, 6.07) is 2.83. The molecule has 2 rings (SSSR count). The molecule has 1 aromatic rings. The van der Waals surface area contributed by atoms with Crippen LogP contribution in [0.15, 0.2) is 24.3 Å². The molecule has 5 nitrogen and oxygen atoms in total. The Morgan fingerprint density at radius 3 is 2.42 bits per heavy atom. The van der Waals surface area contributed by atoms with Gasteiger partial charge in [0.2, 0.25) is 0 Å². The van der Waals surface area contributed by atoms with Crippen LogP contribution in [0.1, 0.15) is 30.5 Å². The zero-order chi connectivity index (χ0) is 19.7. The third kappa shape index (κ3) is 3.53. The number of amides is 3. The van der Waals surface area contributed by atoms with Gasteiger partial charge in [0.05, 0.1) is 22.9 Å². The minimum Gasteiger partial charge on any atom is -0.323 e. The number of nitrogens with one attached hydrogen (secondary N) is 1. The van der Waals surface area contributed by atoms with Crippen LogP contribution in [0.25, 0.3) is 0 Å². The van der Waals surface area contributed by atoms with E-state index in [1.165, 1.54) is 38.1 Å². The van der Waals surface area contributed by atoms with Gasteiger partial charge in [0.15, 0.2) is 0 Å². The van der Waals surface area contributed by atoms with Gasteiger partial charge >= 0.3 is 12.2 Å². The lowest BCUT2D eigenvalue weighted by atomic mass is 9.95. The van der Waals surface area contributed by atoms with E-state index in [-0.39, 0.29) is 23.6 Å². The van der Waals surface area contributed by atoms with Gasteiger partial charge in [0.1, 0.15) is 5.54 Å². The van der Waals surface area contributed by atoms with Crippen molar-refractivity contribution >= 4 is 29.2 Å². The first kappa shape index (κ1) is 19.8. The Kier molecular flexibility index (Phi) is 5.33. The molecule has 1 saturated heterocycles. The number of urea groups is 1. The van der Waals surface area contributed by atoms with Crippen LogP contribution in [0.5, 0.6) is 0 Å². The summed E-state index contributed by atoms with van der Waals surface area (Å²) in [5.41, 5.74) is -3.53. The van der Waals surface area contributed by atoms with Crippen molar-refractivity contribution in [2.24, 2.45) is 0 Å². The van der Waals surface area contributed by atoms with Crippen molar-refractivity contribution in [3.05, 3.63) is 41.0 Å². The quantitative estimate of drug-likeness (QED) is 0.487. The third-order valence-corrected chi connectivity index (χ3v) is 4.05. The molecule has 9 heteroatoms. The Morgan fingerprint density at radius 1 is 1.31 bits per heavy atom. The number of alkyl halides is 4. The highest BCUT2D eigenvalue weighted by Gasteiger charge is 2.47. The van der Waals surface area contributed by atoms with E-state index in [1.54, 1.807) is 0 Å². The zero-order valence-corrected chi connectivity index (χ0v) is 14.7. The number of imide groups is 1. The summed E-state index contributed by atoms with van der Waals surface area (Å²) in [5.74, 6) is -0.590. The topological polar surface area (TPSA) is 73.2 Å². The van der Waals surface area contributed by atoms with Crippen LogP contribution < -0.4 is 10.2 Å². The van der Waals surface area contributed by atoms with Crippen LogP contribution in [-0.2, 0) is 17.4 Å². The van der Waals surface area contributed by atoms with Crippen molar-refractivity contribution in [2.45, 2.75) is 32.0 Å². The summed E-state index contributed by atoms with van der Waals surface area (Å²) in [7, 11) is 0. The maximum Gasteiger partial charge on any atom is 0.418 e. The highest BCUT2D eigenvalue weighted by Crippen LogP contribution is 2.40. The van der Waals surface area contributed by atoms with E-state index in [0.29, 0.717) is 4.90 Å². The predicted octanol–water partition coefficient (Wildman–Crippen LogP) is 3.75. The standard InChI is InChI=1S/C17H15ClF3N3O2/c1-16(2)14(25)24(15(26)23-16)12-7-6-10(9-22)13(17(19,20)21)11(12)5-3-4-8-18/h3-4,6-7H,5,8H2,1-2H3,(H,23,26). The molecule has 1 aromatic carbocycles. The van der Waals surface area contributed by atoms with Gasteiger partial charge in [-0.1, -0.05) is 12.2 Å². The number of carbonyl (C=O) groups is 2. The fourth-order valence-corrected chi connectivity index (χ4v) is 2.83. The third-order valence-electron chi connectivity index (χ3n) is 3.87. The lowest BCUT2D eigenvalue weighted by Crippen LogP contribution is -2.40. The largest absolute Gasteiger partial charge is 0.418 e. The molecular formula is C17H15ClF3N3O2. The molecular weight excluding hydrogens is 371 g/mol. The molecule has 0 saturated carbocycles. The smallest absolute Gasteiger partial charge is 0.323 e. The normalized spacial score (nSPS) is 16.9. The average molecular weight is 386 g/mol. The lowest BCUT2D eigenvalue weighted by Gasteiger charge is -2.22. The van der Waals surface area contributed by atoms with Crippen LogP contribution in [0.4, 0.5) is 23.7 Å². The van der Waals surface area contributed by atoms with E-state index in [9.17, 15) is 22.8 Å². The van der Waals surface area contributed by atoms with Gasteiger partial charge in [-0.05, 0) is 38.0 Å². The van der Waals surface area contributed by atoms with E-state index >= 15 is 0 Å². The molecule has 1 fully saturated rings. The fraction of sp³-hybridized carbons (Fsp3) is 0.353. The number of nitriles is 1. The van der Waals surface area contributed by atoms with Crippen LogP contribution in [0.2, 0.25) is 0 Å². The zero-order valence-electron chi connectivity index (χ0n) is 13.9. The molecule has 26 heavy (non-hydrogen) atoms.